The van der Waals surface area contributed by atoms with Crippen LogP contribution in [0.2, 0.25) is 0 Å². The van der Waals surface area contributed by atoms with Crippen molar-refractivity contribution in [3.8, 4) is 5.75 Å². The second-order valence-electron chi connectivity index (χ2n) is 6.53. The van der Waals surface area contributed by atoms with E-state index in [1.54, 1.807) is 0 Å². The van der Waals surface area contributed by atoms with Crippen LogP contribution in [0.4, 0.5) is 0 Å². The predicted molar refractivity (Wildman–Crippen MR) is 91.9 cm³/mol. The highest BCUT2D eigenvalue weighted by molar-refractivity contribution is 5.82. The van der Waals surface area contributed by atoms with Crippen LogP contribution in [0.15, 0.2) is 24.3 Å². The van der Waals surface area contributed by atoms with E-state index in [-0.39, 0.29) is 18.1 Å². The van der Waals surface area contributed by atoms with Gasteiger partial charge in [0.25, 0.3) is 0 Å². The lowest BCUT2D eigenvalue weighted by molar-refractivity contribution is -0.135. The summed E-state index contributed by atoms with van der Waals surface area (Å²) < 4.78 is 5.47. The number of rotatable bonds is 5. The molecule has 2 saturated heterocycles. The van der Waals surface area contributed by atoms with Crippen LogP contribution in [0, 0.1) is 0 Å². The molecule has 0 aromatic heterocycles. The van der Waals surface area contributed by atoms with E-state index in [9.17, 15) is 9.90 Å². The van der Waals surface area contributed by atoms with Gasteiger partial charge in [-0.2, -0.15) is 0 Å². The third-order valence-electron chi connectivity index (χ3n) is 4.73. The first-order valence-electron chi connectivity index (χ1n) is 8.80. The molecule has 2 heterocycles. The second-order valence-corrected chi connectivity index (χ2v) is 6.53. The van der Waals surface area contributed by atoms with E-state index >= 15 is 0 Å². The van der Waals surface area contributed by atoms with Crippen molar-refractivity contribution in [2.24, 2.45) is 0 Å². The minimum absolute atomic E-state index is 0.132. The minimum atomic E-state index is -0.389. The number of hydrogen-bond acceptors (Lipinski definition) is 5. The molecule has 24 heavy (non-hydrogen) atoms. The zero-order chi connectivity index (χ0) is 16.9. The highest BCUT2D eigenvalue weighted by Crippen LogP contribution is 2.16. The van der Waals surface area contributed by atoms with Crippen molar-refractivity contribution in [3.63, 3.8) is 0 Å². The lowest BCUT2D eigenvalue weighted by atomic mass is 10.1. The summed E-state index contributed by atoms with van der Waals surface area (Å²) in [5, 5.41) is 12.7. The monoisotopic (exact) mass is 333 g/mol. The van der Waals surface area contributed by atoms with Crippen molar-refractivity contribution >= 4 is 5.91 Å². The molecule has 6 heteroatoms. The second kappa shape index (κ2) is 7.96. The topological polar surface area (TPSA) is 65.0 Å². The van der Waals surface area contributed by atoms with Crippen LogP contribution in [0.1, 0.15) is 18.9 Å². The largest absolute Gasteiger partial charge is 0.494 e. The molecule has 0 saturated carbocycles. The third kappa shape index (κ3) is 4.26. The summed E-state index contributed by atoms with van der Waals surface area (Å²) in [5.74, 6) is 1.04. The zero-order valence-electron chi connectivity index (χ0n) is 14.3. The van der Waals surface area contributed by atoms with Crippen LogP contribution in [0.3, 0.4) is 0 Å². The average Bonchev–Trinajstić information content (AvgIpc) is 3.03. The van der Waals surface area contributed by atoms with Crippen molar-refractivity contribution in [2.45, 2.75) is 32.0 Å². The van der Waals surface area contributed by atoms with E-state index in [2.05, 4.69) is 22.3 Å². The van der Waals surface area contributed by atoms with Gasteiger partial charge >= 0.3 is 0 Å². The summed E-state index contributed by atoms with van der Waals surface area (Å²) in [6, 6.07) is 8.02. The van der Waals surface area contributed by atoms with E-state index in [1.807, 2.05) is 24.0 Å². The molecule has 1 aromatic carbocycles. The maximum absolute atomic E-state index is 12.4. The van der Waals surface area contributed by atoms with Gasteiger partial charge in [0.05, 0.1) is 18.8 Å². The molecule has 0 unspecified atom stereocenters. The van der Waals surface area contributed by atoms with Crippen LogP contribution in [-0.4, -0.2) is 72.3 Å². The molecule has 0 spiro atoms. The molecule has 0 bridgehead atoms. The standard InChI is InChI=1S/C18H27N3O3/c1-2-24-16-5-3-14(4-6-16)13-20-7-9-21(10-8-20)18(23)17-11-15(22)12-19-17/h3-6,15,17,19,22H,2,7-13H2,1H3/t15-,17+/m1/s1. The lowest BCUT2D eigenvalue weighted by Gasteiger charge is -2.36. The van der Waals surface area contributed by atoms with Crippen LogP contribution in [0.5, 0.6) is 5.75 Å². The Morgan fingerprint density at radius 3 is 2.54 bits per heavy atom. The Kier molecular flexibility index (Phi) is 5.71. The summed E-state index contributed by atoms with van der Waals surface area (Å²) in [4.78, 5) is 16.7. The van der Waals surface area contributed by atoms with E-state index in [1.165, 1.54) is 5.56 Å². The Balaban J connectivity index is 1.45. The predicted octanol–water partition coefficient (Wildman–Crippen LogP) is 0.452. The fourth-order valence-electron chi connectivity index (χ4n) is 3.37. The average molecular weight is 333 g/mol. The van der Waals surface area contributed by atoms with Gasteiger partial charge in [-0.05, 0) is 31.0 Å². The number of carbonyl (C=O) groups is 1. The van der Waals surface area contributed by atoms with Crippen LogP contribution >= 0.6 is 0 Å². The Hall–Kier alpha value is -1.63. The van der Waals surface area contributed by atoms with Gasteiger partial charge in [0.2, 0.25) is 5.91 Å². The summed E-state index contributed by atoms with van der Waals surface area (Å²) in [6.45, 7) is 7.36. The lowest BCUT2D eigenvalue weighted by Crippen LogP contribution is -2.52. The smallest absolute Gasteiger partial charge is 0.239 e. The number of hydrogen-bond donors (Lipinski definition) is 2. The van der Waals surface area contributed by atoms with Gasteiger partial charge in [-0.25, -0.2) is 0 Å². The van der Waals surface area contributed by atoms with Gasteiger partial charge in [-0.1, -0.05) is 12.1 Å². The van der Waals surface area contributed by atoms with Gasteiger partial charge in [-0.3, -0.25) is 9.69 Å². The van der Waals surface area contributed by atoms with Crippen LogP contribution in [-0.2, 0) is 11.3 Å². The SMILES string of the molecule is CCOc1ccc(CN2CCN(C(=O)[C@@H]3C[C@@H](O)CN3)CC2)cc1. The Morgan fingerprint density at radius 1 is 1.25 bits per heavy atom. The Bertz CT molecular complexity index is 541. The molecule has 2 fully saturated rings. The molecular weight excluding hydrogens is 306 g/mol. The molecule has 2 atom stereocenters. The zero-order valence-corrected chi connectivity index (χ0v) is 14.3. The number of nitrogens with one attached hydrogen (secondary N) is 1. The highest BCUT2D eigenvalue weighted by Gasteiger charge is 2.32. The van der Waals surface area contributed by atoms with E-state index in [0.29, 0.717) is 19.6 Å². The number of aliphatic hydroxyl groups is 1. The van der Waals surface area contributed by atoms with Crippen LogP contribution < -0.4 is 10.1 Å². The van der Waals surface area contributed by atoms with Crippen molar-refractivity contribution < 1.29 is 14.6 Å². The van der Waals surface area contributed by atoms with Crippen molar-refractivity contribution in [2.75, 3.05) is 39.3 Å². The van der Waals surface area contributed by atoms with Gasteiger partial charge in [0, 0.05) is 39.3 Å². The quantitative estimate of drug-likeness (QED) is 0.819. The minimum Gasteiger partial charge on any atom is -0.494 e. The molecule has 1 aromatic rings. The number of benzene rings is 1. The normalized spacial score (nSPS) is 25.0. The molecule has 6 nitrogen and oxygen atoms in total. The first kappa shape index (κ1) is 17.2. The summed E-state index contributed by atoms with van der Waals surface area (Å²) >= 11 is 0. The molecule has 0 aliphatic carbocycles. The molecule has 2 N–H and O–H groups in total. The molecular formula is C18H27N3O3. The van der Waals surface area contributed by atoms with Gasteiger partial charge in [0.1, 0.15) is 5.75 Å². The molecule has 1 amide bonds. The number of β-amino-alcohol motifs (C(OH)–C–C–N with tert-alkyl or cyclic N) is 1. The molecule has 2 aliphatic rings. The molecule has 132 valence electrons. The number of carbonyl (C=O) groups excluding carboxylic acids is 1. The first-order chi connectivity index (χ1) is 11.7. The van der Waals surface area contributed by atoms with E-state index < -0.39 is 0 Å². The third-order valence-corrected chi connectivity index (χ3v) is 4.73. The Morgan fingerprint density at radius 2 is 1.96 bits per heavy atom. The summed E-state index contributed by atoms with van der Waals surface area (Å²) in [6.07, 6.45) is 0.144. The molecule has 3 rings (SSSR count). The van der Waals surface area contributed by atoms with Gasteiger partial charge < -0.3 is 20.1 Å². The van der Waals surface area contributed by atoms with Gasteiger partial charge in [0.15, 0.2) is 0 Å². The number of ether oxygens (including phenoxy) is 1. The maximum atomic E-state index is 12.4. The first-order valence-corrected chi connectivity index (χ1v) is 8.80. The van der Waals surface area contributed by atoms with Crippen molar-refractivity contribution in [1.82, 2.24) is 15.1 Å². The van der Waals surface area contributed by atoms with Crippen molar-refractivity contribution in [3.05, 3.63) is 29.8 Å². The van der Waals surface area contributed by atoms with Crippen LogP contribution in [0.25, 0.3) is 0 Å². The summed E-state index contributed by atoms with van der Waals surface area (Å²) in [5.41, 5.74) is 1.26. The number of amides is 1. The fourth-order valence-corrected chi connectivity index (χ4v) is 3.37. The van der Waals surface area contributed by atoms with Gasteiger partial charge in [-0.15, -0.1) is 0 Å². The number of aliphatic hydroxyl groups excluding tert-OH is 1. The molecule has 2 aliphatic heterocycles. The number of nitrogens with zero attached hydrogens (tertiary/aromatic N) is 2. The highest BCUT2D eigenvalue weighted by atomic mass is 16.5. The van der Waals surface area contributed by atoms with E-state index in [0.717, 1.165) is 38.5 Å². The molecule has 0 radical (unpaired) electrons. The fraction of sp³-hybridized carbons (Fsp3) is 0.611. The number of piperazine rings is 1. The maximum Gasteiger partial charge on any atom is 0.239 e. The Labute approximate surface area is 143 Å². The summed E-state index contributed by atoms with van der Waals surface area (Å²) in [7, 11) is 0. The van der Waals surface area contributed by atoms with E-state index in [4.69, 9.17) is 4.74 Å². The van der Waals surface area contributed by atoms with Crippen molar-refractivity contribution in [1.29, 1.82) is 0 Å².